The second-order valence-electron chi connectivity index (χ2n) is 7.66. The highest BCUT2D eigenvalue weighted by atomic mass is 35.5. The summed E-state index contributed by atoms with van der Waals surface area (Å²) in [7, 11) is 0. The van der Waals surface area contributed by atoms with Gasteiger partial charge in [0.1, 0.15) is 10.8 Å². The molecule has 2 atom stereocenters. The molecule has 0 spiro atoms. The topological polar surface area (TPSA) is 59.0 Å². The Morgan fingerprint density at radius 3 is 2.52 bits per heavy atom. The number of alkyl halides is 3. The average molecular weight is 427 g/mol. The number of carbonyl (C=O) groups is 1. The van der Waals surface area contributed by atoms with Gasteiger partial charge in [0.25, 0.3) is 5.91 Å². The third kappa shape index (κ3) is 4.08. The summed E-state index contributed by atoms with van der Waals surface area (Å²) < 4.78 is 42.2. The number of aromatic nitrogens is 2. The number of carbonyl (C=O) groups excluding carboxylic acids is 1. The molecule has 1 amide bonds. The van der Waals surface area contributed by atoms with Gasteiger partial charge in [-0.25, -0.2) is 4.68 Å². The highest BCUT2D eigenvalue weighted by Crippen LogP contribution is 2.46. The second kappa shape index (κ2) is 7.89. The summed E-state index contributed by atoms with van der Waals surface area (Å²) in [6.07, 6.45) is 0.138. The van der Waals surface area contributed by atoms with E-state index in [1.165, 1.54) is 0 Å². The van der Waals surface area contributed by atoms with Crippen molar-refractivity contribution in [2.45, 2.75) is 62.8 Å². The quantitative estimate of drug-likeness (QED) is 0.703. The van der Waals surface area contributed by atoms with Crippen LogP contribution in [0.15, 0.2) is 30.3 Å². The van der Waals surface area contributed by atoms with E-state index in [0.717, 1.165) is 42.3 Å². The molecule has 0 saturated heterocycles. The molecular formula is C20H22ClF3N4O. The molecular weight excluding hydrogens is 405 g/mol. The van der Waals surface area contributed by atoms with Crippen LogP contribution in [0.1, 0.15) is 66.7 Å². The number of nitrogens with one attached hydrogen (secondary N) is 2. The van der Waals surface area contributed by atoms with Crippen LogP contribution in [0.25, 0.3) is 0 Å². The maximum absolute atomic E-state index is 13.8. The molecule has 2 aliphatic rings. The van der Waals surface area contributed by atoms with Crippen LogP contribution in [-0.4, -0.2) is 27.9 Å². The third-order valence-corrected chi connectivity index (χ3v) is 6.01. The summed E-state index contributed by atoms with van der Waals surface area (Å²) in [6.45, 7) is 0. The Morgan fingerprint density at radius 2 is 1.86 bits per heavy atom. The molecule has 1 aromatic heterocycles. The molecule has 5 nitrogen and oxygen atoms in total. The third-order valence-electron chi connectivity index (χ3n) is 5.65. The predicted octanol–water partition coefficient (Wildman–Crippen LogP) is 5.26. The number of amides is 1. The lowest BCUT2D eigenvalue weighted by Crippen LogP contribution is -2.37. The van der Waals surface area contributed by atoms with E-state index in [1.54, 1.807) is 30.3 Å². The van der Waals surface area contributed by atoms with Gasteiger partial charge in [0, 0.05) is 12.5 Å². The number of hydrogen-bond acceptors (Lipinski definition) is 3. The number of hydrogen-bond donors (Lipinski definition) is 2. The highest BCUT2D eigenvalue weighted by molar-refractivity contribution is 6.36. The van der Waals surface area contributed by atoms with Crippen molar-refractivity contribution in [2.24, 2.45) is 0 Å². The van der Waals surface area contributed by atoms with Gasteiger partial charge in [-0.15, -0.1) is 0 Å². The van der Waals surface area contributed by atoms with Gasteiger partial charge in [-0.1, -0.05) is 61.2 Å². The first-order valence-corrected chi connectivity index (χ1v) is 10.2. The van der Waals surface area contributed by atoms with E-state index in [0.29, 0.717) is 0 Å². The SMILES string of the molecule is O=C(NC1CCCCC1)c1nn2c(c1Cl)N[C@@H](c1ccccc1)C[C@H]2C(F)(F)F. The van der Waals surface area contributed by atoms with Gasteiger partial charge < -0.3 is 10.6 Å². The minimum atomic E-state index is -4.52. The lowest BCUT2D eigenvalue weighted by Gasteiger charge is -2.33. The standard InChI is InChI=1S/C20H22ClF3N4O/c21-16-17(19(29)25-13-9-5-2-6-10-13)27-28-15(20(22,23)24)11-14(26-18(16)28)12-7-3-1-4-8-12/h1,3-4,7-8,13-15,26H,2,5-6,9-11H2,(H,25,29)/t14-,15+/m1/s1. The molecule has 2 aromatic rings. The van der Waals surface area contributed by atoms with Crippen molar-refractivity contribution in [3.8, 4) is 0 Å². The normalized spacial score (nSPS) is 22.6. The number of halogens is 4. The van der Waals surface area contributed by atoms with Crippen LogP contribution in [0.2, 0.25) is 5.02 Å². The smallest absolute Gasteiger partial charge is 0.362 e. The van der Waals surface area contributed by atoms with Gasteiger partial charge in [-0.3, -0.25) is 4.79 Å². The van der Waals surface area contributed by atoms with Crippen LogP contribution in [0, 0.1) is 0 Å². The maximum atomic E-state index is 13.8. The monoisotopic (exact) mass is 426 g/mol. The number of benzene rings is 1. The van der Waals surface area contributed by atoms with Crippen LogP contribution in [-0.2, 0) is 0 Å². The Labute approximate surface area is 171 Å². The first kappa shape index (κ1) is 20.1. The van der Waals surface area contributed by atoms with Crippen LogP contribution < -0.4 is 10.6 Å². The zero-order chi connectivity index (χ0) is 20.6. The fourth-order valence-corrected chi connectivity index (χ4v) is 4.40. The van der Waals surface area contributed by atoms with Crippen LogP contribution in [0.3, 0.4) is 0 Å². The molecule has 4 rings (SSSR count). The zero-order valence-electron chi connectivity index (χ0n) is 15.7. The van der Waals surface area contributed by atoms with Gasteiger partial charge >= 0.3 is 6.18 Å². The minimum Gasteiger partial charge on any atom is -0.362 e. The summed E-state index contributed by atoms with van der Waals surface area (Å²) in [5, 5.41) is 9.83. The molecule has 1 aliphatic carbocycles. The Hall–Kier alpha value is -2.22. The Bertz CT molecular complexity index is 878. The van der Waals surface area contributed by atoms with E-state index >= 15 is 0 Å². The molecule has 9 heteroatoms. The minimum absolute atomic E-state index is 0.00878. The molecule has 1 saturated carbocycles. The van der Waals surface area contributed by atoms with Crippen molar-refractivity contribution in [3.63, 3.8) is 0 Å². The summed E-state index contributed by atoms with van der Waals surface area (Å²) >= 11 is 6.35. The number of rotatable bonds is 3. The number of fused-ring (bicyclic) bond motifs is 1. The lowest BCUT2D eigenvalue weighted by atomic mass is 9.95. The van der Waals surface area contributed by atoms with Crippen LogP contribution in [0.5, 0.6) is 0 Å². The predicted molar refractivity (Wildman–Crippen MR) is 104 cm³/mol. The molecule has 156 valence electrons. The molecule has 2 N–H and O–H groups in total. The molecule has 1 aliphatic heterocycles. The zero-order valence-corrected chi connectivity index (χ0v) is 16.4. The van der Waals surface area contributed by atoms with Crippen LogP contribution >= 0.6 is 11.6 Å². The van der Waals surface area contributed by atoms with E-state index in [1.807, 2.05) is 0 Å². The van der Waals surface area contributed by atoms with Crippen molar-refractivity contribution >= 4 is 23.3 Å². The Balaban J connectivity index is 1.65. The van der Waals surface area contributed by atoms with Gasteiger partial charge in [0.2, 0.25) is 0 Å². The van der Waals surface area contributed by atoms with Gasteiger partial charge in [0.05, 0.1) is 6.04 Å². The van der Waals surface area contributed by atoms with Gasteiger partial charge in [-0.2, -0.15) is 18.3 Å². The molecule has 1 aromatic carbocycles. The highest BCUT2D eigenvalue weighted by Gasteiger charge is 2.47. The van der Waals surface area contributed by atoms with Gasteiger partial charge in [-0.05, 0) is 18.4 Å². The van der Waals surface area contributed by atoms with E-state index in [4.69, 9.17) is 11.6 Å². The second-order valence-corrected chi connectivity index (χ2v) is 8.04. The molecule has 29 heavy (non-hydrogen) atoms. The first-order valence-electron chi connectivity index (χ1n) is 9.81. The maximum Gasteiger partial charge on any atom is 0.410 e. The first-order chi connectivity index (χ1) is 13.8. The molecule has 1 fully saturated rings. The summed E-state index contributed by atoms with van der Waals surface area (Å²) in [6, 6.07) is 6.44. The largest absolute Gasteiger partial charge is 0.410 e. The van der Waals surface area contributed by atoms with Crippen molar-refractivity contribution < 1.29 is 18.0 Å². The van der Waals surface area contributed by atoms with Crippen molar-refractivity contribution in [1.29, 1.82) is 0 Å². The molecule has 0 bridgehead atoms. The number of nitrogens with zero attached hydrogens (tertiary/aromatic N) is 2. The lowest BCUT2D eigenvalue weighted by molar-refractivity contribution is -0.173. The Kier molecular flexibility index (Phi) is 5.46. The fourth-order valence-electron chi connectivity index (χ4n) is 4.14. The summed E-state index contributed by atoms with van der Waals surface area (Å²) in [4.78, 5) is 12.7. The van der Waals surface area contributed by atoms with Crippen LogP contribution in [0.4, 0.5) is 19.0 Å². The van der Waals surface area contributed by atoms with E-state index in [2.05, 4.69) is 15.7 Å². The van der Waals surface area contributed by atoms with Crippen molar-refractivity contribution in [3.05, 3.63) is 46.6 Å². The van der Waals surface area contributed by atoms with Crippen molar-refractivity contribution in [2.75, 3.05) is 5.32 Å². The van der Waals surface area contributed by atoms with Gasteiger partial charge in [0.15, 0.2) is 11.7 Å². The van der Waals surface area contributed by atoms with E-state index in [-0.39, 0.29) is 29.0 Å². The Morgan fingerprint density at radius 1 is 1.17 bits per heavy atom. The summed E-state index contributed by atoms with van der Waals surface area (Å²) in [5.41, 5.74) is 0.557. The molecule has 2 heterocycles. The fraction of sp³-hybridized carbons (Fsp3) is 0.500. The van der Waals surface area contributed by atoms with E-state index < -0.39 is 24.2 Å². The number of anilines is 1. The molecule has 0 unspecified atom stereocenters. The van der Waals surface area contributed by atoms with E-state index in [9.17, 15) is 18.0 Å². The molecule has 0 radical (unpaired) electrons. The van der Waals surface area contributed by atoms with Crippen molar-refractivity contribution in [1.82, 2.24) is 15.1 Å². The average Bonchev–Trinajstić information content (AvgIpc) is 3.05. The summed E-state index contributed by atoms with van der Waals surface area (Å²) in [5.74, 6) is -0.495.